The van der Waals surface area contributed by atoms with E-state index in [1.165, 1.54) is 4.88 Å². The van der Waals surface area contributed by atoms with Crippen LogP contribution in [0.5, 0.6) is 0 Å². The summed E-state index contributed by atoms with van der Waals surface area (Å²) in [6, 6.07) is 11.5. The Balaban J connectivity index is 2.05. The van der Waals surface area contributed by atoms with Crippen LogP contribution in [0.4, 0.5) is 5.69 Å². The first kappa shape index (κ1) is 13.9. The number of hydrogen-bond acceptors (Lipinski definition) is 3. The highest BCUT2D eigenvalue weighted by Crippen LogP contribution is 2.28. The lowest BCUT2D eigenvalue weighted by Crippen LogP contribution is -2.17. The van der Waals surface area contributed by atoms with Crippen molar-refractivity contribution in [3.63, 3.8) is 0 Å². The van der Waals surface area contributed by atoms with E-state index < -0.39 is 0 Å². The monoisotopic (exact) mass is 294 g/mol. The van der Waals surface area contributed by atoms with E-state index in [9.17, 15) is 4.79 Å². The molecule has 1 amide bonds. The van der Waals surface area contributed by atoms with Crippen LogP contribution in [0.2, 0.25) is 4.34 Å². The molecule has 0 aliphatic rings. The quantitative estimate of drug-likeness (QED) is 0.897. The summed E-state index contributed by atoms with van der Waals surface area (Å²) >= 11 is 7.49. The molecule has 0 saturated heterocycles. The van der Waals surface area contributed by atoms with E-state index in [-0.39, 0.29) is 11.9 Å². The Hall–Kier alpha value is -1.52. The van der Waals surface area contributed by atoms with Crippen molar-refractivity contribution in [1.29, 1.82) is 0 Å². The van der Waals surface area contributed by atoms with Crippen LogP contribution >= 0.6 is 22.9 Å². The number of amides is 1. The molecule has 5 heteroatoms. The molecule has 1 atom stereocenters. The second-order valence-corrected chi connectivity index (χ2v) is 5.91. The number of halogens is 1. The zero-order valence-electron chi connectivity index (χ0n) is 10.7. The van der Waals surface area contributed by atoms with E-state index in [4.69, 9.17) is 11.6 Å². The molecule has 0 saturated carbocycles. The predicted molar refractivity (Wildman–Crippen MR) is 81.2 cm³/mol. The number of rotatable bonds is 4. The van der Waals surface area contributed by atoms with Gasteiger partial charge in [-0.25, -0.2) is 0 Å². The zero-order chi connectivity index (χ0) is 13.8. The Morgan fingerprint density at radius 1 is 1.21 bits per heavy atom. The van der Waals surface area contributed by atoms with Gasteiger partial charge in [-0.1, -0.05) is 11.6 Å². The second kappa shape index (κ2) is 6.08. The minimum atomic E-state index is -0.0790. The van der Waals surface area contributed by atoms with Crippen molar-refractivity contribution in [1.82, 2.24) is 5.32 Å². The molecule has 100 valence electrons. The van der Waals surface area contributed by atoms with Gasteiger partial charge in [0.1, 0.15) is 0 Å². The van der Waals surface area contributed by atoms with Crippen molar-refractivity contribution in [3.05, 3.63) is 51.2 Å². The molecule has 2 aromatic rings. The Bertz CT molecular complexity index is 565. The van der Waals surface area contributed by atoms with E-state index in [0.29, 0.717) is 5.56 Å². The van der Waals surface area contributed by atoms with E-state index in [0.717, 1.165) is 10.0 Å². The molecule has 1 unspecified atom stereocenters. The summed E-state index contributed by atoms with van der Waals surface area (Å²) in [5.41, 5.74) is 1.63. The number of thiophene rings is 1. The van der Waals surface area contributed by atoms with Crippen LogP contribution < -0.4 is 10.6 Å². The van der Waals surface area contributed by atoms with Gasteiger partial charge in [-0.2, -0.15) is 0 Å². The smallest absolute Gasteiger partial charge is 0.251 e. The van der Waals surface area contributed by atoms with Gasteiger partial charge < -0.3 is 10.6 Å². The number of nitrogens with one attached hydrogen (secondary N) is 2. The highest BCUT2D eigenvalue weighted by atomic mass is 35.5. The molecule has 0 radical (unpaired) electrons. The highest BCUT2D eigenvalue weighted by Gasteiger charge is 2.08. The van der Waals surface area contributed by atoms with Crippen molar-refractivity contribution in [2.75, 3.05) is 12.4 Å². The lowest BCUT2D eigenvalue weighted by molar-refractivity contribution is 0.0963. The topological polar surface area (TPSA) is 41.1 Å². The van der Waals surface area contributed by atoms with Crippen molar-refractivity contribution in [3.8, 4) is 0 Å². The fraction of sp³-hybridized carbons (Fsp3) is 0.214. The maximum atomic E-state index is 11.4. The third-order valence-corrected chi connectivity index (χ3v) is 4.19. The van der Waals surface area contributed by atoms with Gasteiger partial charge in [0.25, 0.3) is 5.91 Å². The molecular formula is C14H15ClN2OS. The minimum Gasteiger partial charge on any atom is -0.378 e. The van der Waals surface area contributed by atoms with Crippen LogP contribution in [0.3, 0.4) is 0 Å². The van der Waals surface area contributed by atoms with Crippen LogP contribution in [-0.4, -0.2) is 13.0 Å². The van der Waals surface area contributed by atoms with Gasteiger partial charge in [0.05, 0.1) is 10.4 Å². The van der Waals surface area contributed by atoms with Gasteiger partial charge in [-0.3, -0.25) is 4.79 Å². The summed E-state index contributed by atoms with van der Waals surface area (Å²) in [5, 5.41) is 5.97. The van der Waals surface area contributed by atoms with Gasteiger partial charge in [0.2, 0.25) is 0 Å². The van der Waals surface area contributed by atoms with Gasteiger partial charge in [0, 0.05) is 23.2 Å². The SMILES string of the molecule is CNC(=O)c1ccc(NC(C)c2ccc(Cl)s2)cc1. The van der Waals surface area contributed by atoms with E-state index >= 15 is 0 Å². The van der Waals surface area contributed by atoms with Gasteiger partial charge in [0.15, 0.2) is 0 Å². The fourth-order valence-electron chi connectivity index (χ4n) is 1.74. The molecule has 0 fully saturated rings. The Kier molecular flexibility index (Phi) is 4.45. The van der Waals surface area contributed by atoms with Crippen molar-refractivity contribution < 1.29 is 4.79 Å². The highest BCUT2D eigenvalue weighted by molar-refractivity contribution is 7.16. The average Bonchev–Trinajstić information content (AvgIpc) is 2.85. The lowest BCUT2D eigenvalue weighted by atomic mass is 10.2. The Morgan fingerprint density at radius 2 is 1.89 bits per heavy atom. The summed E-state index contributed by atoms with van der Waals surface area (Å²) < 4.78 is 0.790. The van der Waals surface area contributed by atoms with E-state index in [2.05, 4.69) is 17.6 Å². The summed E-state index contributed by atoms with van der Waals surface area (Å²) in [7, 11) is 1.62. The van der Waals surface area contributed by atoms with Gasteiger partial charge in [-0.05, 0) is 43.3 Å². The molecule has 3 nitrogen and oxygen atoms in total. The van der Waals surface area contributed by atoms with Crippen molar-refractivity contribution >= 4 is 34.5 Å². The maximum Gasteiger partial charge on any atom is 0.251 e. The number of hydrogen-bond donors (Lipinski definition) is 2. The van der Waals surface area contributed by atoms with Crippen LogP contribution in [0.1, 0.15) is 28.2 Å². The molecule has 0 aliphatic carbocycles. The van der Waals surface area contributed by atoms with Crippen LogP contribution in [0, 0.1) is 0 Å². The third kappa shape index (κ3) is 3.49. The summed E-state index contributed by atoms with van der Waals surface area (Å²) in [5.74, 6) is -0.0790. The molecule has 1 aromatic heterocycles. The number of anilines is 1. The molecule has 1 aromatic carbocycles. The summed E-state index contributed by atoms with van der Waals surface area (Å²) in [6.07, 6.45) is 0. The van der Waals surface area contributed by atoms with Crippen LogP contribution in [0.15, 0.2) is 36.4 Å². The molecular weight excluding hydrogens is 280 g/mol. The Labute approximate surface area is 121 Å². The van der Waals surface area contributed by atoms with Crippen molar-refractivity contribution in [2.45, 2.75) is 13.0 Å². The number of benzene rings is 1. The first-order valence-corrected chi connectivity index (χ1v) is 7.13. The molecule has 2 N–H and O–H groups in total. The number of carbonyl (C=O) groups excluding carboxylic acids is 1. The molecule has 0 bridgehead atoms. The van der Waals surface area contributed by atoms with E-state index in [1.807, 2.05) is 24.3 Å². The Morgan fingerprint density at radius 3 is 2.42 bits per heavy atom. The molecule has 0 spiro atoms. The molecule has 2 rings (SSSR count). The standard InChI is InChI=1S/C14H15ClN2OS/c1-9(12-7-8-13(15)19-12)17-11-5-3-10(4-6-11)14(18)16-2/h3-9,17H,1-2H3,(H,16,18). The lowest BCUT2D eigenvalue weighted by Gasteiger charge is -2.13. The number of carbonyl (C=O) groups is 1. The van der Waals surface area contributed by atoms with Crippen molar-refractivity contribution in [2.24, 2.45) is 0 Å². The maximum absolute atomic E-state index is 11.4. The summed E-state index contributed by atoms with van der Waals surface area (Å²) in [6.45, 7) is 2.08. The van der Waals surface area contributed by atoms with E-state index in [1.54, 1.807) is 30.5 Å². The zero-order valence-corrected chi connectivity index (χ0v) is 12.3. The largest absolute Gasteiger partial charge is 0.378 e. The van der Waals surface area contributed by atoms with Gasteiger partial charge >= 0.3 is 0 Å². The molecule has 19 heavy (non-hydrogen) atoms. The molecule has 0 aliphatic heterocycles. The first-order chi connectivity index (χ1) is 9.10. The molecule has 1 heterocycles. The third-order valence-electron chi connectivity index (χ3n) is 2.78. The van der Waals surface area contributed by atoms with Gasteiger partial charge in [-0.15, -0.1) is 11.3 Å². The summed E-state index contributed by atoms with van der Waals surface area (Å²) in [4.78, 5) is 12.6. The van der Waals surface area contributed by atoms with Crippen LogP contribution in [-0.2, 0) is 0 Å². The minimum absolute atomic E-state index is 0.0790. The second-order valence-electron chi connectivity index (χ2n) is 4.16. The average molecular weight is 295 g/mol. The normalized spacial score (nSPS) is 11.9. The first-order valence-electron chi connectivity index (χ1n) is 5.94. The predicted octanol–water partition coefficient (Wildman–Crippen LogP) is 3.93. The van der Waals surface area contributed by atoms with Crippen LogP contribution in [0.25, 0.3) is 0 Å². The fourth-order valence-corrected chi connectivity index (χ4v) is 2.81.